The summed E-state index contributed by atoms with van der Waals surface area (Å²) in [6.07, 6.45) is 3.88. The number of pyridine rings is 1. The highest BCUT2D eigenvalue weighted by Crippen LogP contribution is 2.37. The summed E-state index contributed by atoms with van der Waals surface area (Å²) in [6, 6.07) is 4.27. The minimum Gasteiger partial charge on any atom is -0.389 e. The predicted molar refractivity (Wildman–Crippen MR) is 76.3 cm³/mol. The Hall–Kier alpha value is -1.13. The van der Waals surface area contributed by atoms with Gasteiger partial charge in [0, 0.05) is 31.5 Å². The summed E-state index contributed by atoms with van der Waals surface area (Å²) in [7, 11) is 1.72. The Kier molecular flexibility index (Phi) is 4.77. The number of rotatable bonds is 7. The molecule has 1 aliphatic carbocycles. The average molecular weight is 264 g/mol. The molecule has 1 aromatic heterocycles. The van der Waals surface area contributed by atoms with Crippen LogP contribution in [0.2, 0.25) is 0 Å². The third kappa shape index (κ3) is 3.45. The minimum atomic E-state index is -0.500. The lowest BCUT2D eigenvalue weighted by Gasteiger charge is -2.32. The van der Waals surface area contributed by atoms with Gasteiger partial charge in [0.05, 0.1) is 12.7 Å². The number of nitrogens with zero attached hydrogens (tertiary/aromatic N) is 2. The van der Waals surface area contributed by atoms with Gasteiger partial charge in [-0.15, -0.1) is 0 Å². The molecule has 0 spiro atoms. The minimum absolute atomic E-state index is 0.447. The van der Waals surface area contributed by atoms with Gasteiger partial charge in [-0.1, -0.05) is 6.07 Å². The van der Waals surface area contributed by atoms with Crippen LogP contribution in [0.3, 0.4) is 0 Å². The number of methoxy groups -OCH3 is 1. The number of hydrogen-bond donors (Lipinski definition) is 1. The van der Waals surface area contributed by atoms with Crippen LogP contribution >= 0.6 is 0 Å². The van der Waals surface area contributed by atoms with Crippen molar-refractivity contribution in [3.05, 3.63) is 23.9 Å². The van der Waals surface area contributed by atoms with Crippen molar-refractivity contribution in [1.82, 2.24) is 4.98 Å². The van der Waals surface area contributed by atoms with E-state index >= 15 is 0 Å². The fourth-order valence-electron chi connectivity index (χ4n) is 2.50. The zero-order valence-electron chi connectivity index (χ0n) is 12.0. The van der Waals surface area contributed by atoms with Crippen molar-refractivity contribution in [2.75, 3.05) is 25.2 Å². The summed E-state index contributed by atoms with van der Waals surface area (Å²) in [5, 5.41) is 9.92. The molecule has 1 heterocycles. The summed E-state index contributed by atoms with van der Waals surface area (Å²) in [6.45, 7) is 5.52. The Balaban J connectivity index is 2.25. The van der Waals surface area contributed by atoms with E-state index in [4.69, 9.17) is 4.74 Å². The third-order valence-electron chi connectivity index (χ3n) is 3.87. The van der Waals surface area contributed by atoms with E-state index in [1.54, 1.807) is 20.2 Å². The third-order valence-corrected chi connectivity index (χ3v) is 3.87. The molecule has 0 bridgehead atoms. The maximum Gasteiger partial charge on any atom is 0.134 e. The molecule has 1 aromatic rings. The Morgan fingerprint density at radius 3 is 2.79 bits per heavy atom. The van der Waals surface area contributed by atoms with Gasteiger partial charge >= 0.3 is 0 Å². The van der Waals surface area contributed by atoms with Gasteiger partial charge in [0.1, 0.15) is 5.82 Å². The van der Waals surface area contributed by atoms with Crippen LogP contribution in [0.5, 0.6) is 0 Å². The monoisotopic (exact) mass is 264 g/mol. The SMILES string of the molecule is COCCN(c1ncccc1[C@H](C)O)C(C)C1CC1. The van der Waals surface area contributed by atoms with Crippen molar-refractivity contribution in [3.63, 3.8) is 0 Å². The summed E-state index contributed by atoms with van der Waals surface area (Å²) in [4.78, 5) is 6.78. The van der Waals surface area contributed by atoms with Gasteiger partial charge in [-0.05, 0) is 38.7 Å². The van der Waals surface area contributed by atoms with Crippen LogP contribution < -0.4 is 4.90 Å². The van der Waals surface area contributed by atoms with Crippen molar-refractivity contribution in [2.24, 2.45) is 5.92 Å². The molecule has 0 aliphatic heterocycles. The van der Waals surface area contributed by atoms with Gasteiger partial charge in [-0.25, -0.2) is 4.98 Å². The highest BCUT2D eigenvalue weighted by Gasteiger charge is 2.33. The largest absolute Gasteiger partial charge is 0.389 e. The molecule has 4 nitrogen and oxygen atoms in total. The topological polar surface area (TPSA) is 45.6 Å². The fourth-order valence-corrected chi connectivity index (χ4v) is 2.50. The highest BCUT2D eigenvalue weighted by molar-refractivity contribution is 5.49. The lowest BCUT2D eigenvalue weighted by molar-refractivity contribution is 0.195. The number of aliphatic hydroxyl groups excluding tert-OH is 1. The highest BCUT2D eigenvalue weighted by atomic mass is 16.5. The lowest BCUT2D eigenvalue weighted by atomic mass is 10.1. The Bertz CT molecular complexity index is 405. The van der Waals surface area contributed by atoms with E-state index in [-0.39, 0.29) is 0 Å². The molecule has 4 heteroatoms. The molecule has 0 saturated heterocycles. The normalized spacial score (nSPS) is 18.1. The van der Waals surface area contributed by atoms with Crippen LogP contribution in [-0.2, 0) is 4.74 Å². The van der Waals surface area contributed by atoms with Crippen LogP contribution in [0.1, 0.15) is 38.4 Å². The van der Waals surface area contributed by atoms with Crippen LogP contribution in [0.15, 0.2) is 18.3 Å². The Morgan fingerprint density at radius 2 is 2.21 bits per heavy atom. The van der Waals surface area contributed by atoms with E-state index in [1.807, 2.05) is 12.1 Å². The quantitative estimate of drug-likeness (QED) is 0.821. The first-order valence-corrected chi connectivity index (χ1v) is 7.03. The molecule has 1 saturated carbocycles. The second-order valence-corrected chi connectivity index (χ2v) is 5.36. The average Bonchev–Trinajstić information content (AvgIpc) is 3.23. The molecule has 2 rings (SSSR count). The predicted octanol–water partition coefficient (Wildman–Crippen LogP) is 2.39. The zero-order chi connectivity index (χ0) is 13.8. The van der Waals surface area contributed by atoms with E-state index in [0.29, 0.717) is 12.6 Å². The molecule has 2 atom stereocenters. The van der Waals surface area contributed by atoms with Gasteiger partial charge in [0.15, 0.2) is 0 Å². The van der Waals surface area contributed by atoms with Crippen molar-refractivity contribution >= 4 is 5.82 Å². The van der Waals surface area contributed by atoms with Gasteiger partial charge in [-0.2, -0.15) is 0 Å². The van der Waals surface area contributed by atoms with Gasteiger partial charge < -0.3 is 14.7 Å². The molecule has 1 fully saturated rings. The van der Waals surface area contributed by atoms with Crippen molar-refractivity contribution in [2.45, 2.75) is 38.8 Å². The van der Waals surface area contributed by atoms with E-state index in [1.165, 1.54) is 12.8 Å². The molecule has 0 aromatic carbocycles. The van der Waals surface area contributed by atoms with E-state index in [9.17, 15) is 5.11 Å². The molecule has 19 heavy (non-hydrogen) atoms. The first-order valence-electron chi connectivity index (χ1n) is 7.03. The van der Waals surface area contributed by atoms with Crippen molar-refractivity contribution in [1.29, 1.82) is 0 Å². The van der Waals surface area contributed by atoms with Crippen molar-refractivity contribution in [3.8, 4) is 0 Å². The fraction of sp³-hybridized carbons (Fsp3) is 0.667. The maximum absolute atomic E-state index is 9.92. The summed E-state index contributed by atoms with van der Waals surface area (Å²) >= 11 is 0. The van der Waals surface area contributed by atoms with E-state index < -0.39 is 6.10 Å². The van der Waals surface area contributed by atoms with Gasteiger partial charge in [0.2, 0.25) is 0 Å². The number of aliphatic hydroxyl groups is 1. The molecule has 0 radical (unpaired) electrons. The molecule has 106 valence electrons. The van der Waals surface area contributed by atoms with Crippen LogP contribution in [-0.4, -0.2) is 36.4 Å². The number of aromatic nitrogens is 1. The van der Waals surface area contributed by atoms with Crippen LogP contribution in [0.4, 0.5) is 5.82 Å². The summed E-state index contributed by atoms with van der Waals surface area (Å²) in [5.41, 5.74) is 0.895. The van der Waals surface area contributed by atoms with Gasteiger partial charge in [-0.3, -0.25) is 0 Å². The Morgan fingerprint density at radius 1 is 1.47 bits per heavy atom. The van der Waals surface area contributed by atoms with Crippen LogP contribution in [0, 0.1) is 5.92 Å². The van der Waals surface area contributed by atoms with Crippen molar-refractivity contribution < 1.29 is 9.84 Å². The second kappa shape index (κ2) is 6.35. The molecule has 1 unspecified atom stereocenters. The molecule has 1 N–H and O–H groups in total. The molecular weight excluding hydrogens is 240 g/mol. The first kappa shape index (κ1) is 14.3. The smallest absolute Gasteiger partial charge is 0.134 e. The standard InChI is InChI=1S/C15H24N2O2/c1-11(13-6-7-13)17(9-10-19-3)15-14(12(2)18)5-4-8-16-15/h4-5,8,11-13,18H,6-7,9-10H2,1-3H3/t11?,12-/m0/s1. The first-order chi connectivity index (χ1) is 9.15. The number of hydrogen-bond acceptors (Lipinski definition) is 4. The Labute approximate surface area is 115 Å². The lowest BCUT2D eigenvalue weighted by Crippen LogP contribution is -2.38. The summed E-state index contributed by atoms with van der Waals surface area (Å²) in [5.74, 6) is 1.65. The van der Waals surface area contributed by atoms with E-state index in [0.717, 1.165) is 23.8 Å². The summed E-state index contributed by atoms with van der Waals surface area (Å²) < 4.78 is 5.21. The van der Waals surface area contributed by atoms with Gasteiger partial charge in [0.25, 0.3) is 0 Å². The van der Waals surface area contributed by atoms with E-state index in [2.05, 4.69) is 16.8 Å². The second-order valence-electron chi connectivity index (χ2n) is 5.36. The molecular formula is C15H24N2O2. The van der Waals surface area contributed by atoms with Crippen LogP contribution in [0.25, 0.3) is 0 Å². The molecule has 0 amide bonds. The molecule has 1 aliphatic rings. The maximum atomic E-state index is 9.92. The number of anilines is 1. The zero-order valence-corrected chi connectivity index (χ0v) is 12.0. The number of ether oxygens (including phenoxy) is 1.